The van der Waals surface area contributed by atoms with Gasteiger partial charge >= 0.3 is 0 Å². The third-order valence-corrected chi connectivity index (χ3v) is 15.4. The molecule has 0 radical (unpaired) electrons. The third-order valence-electron chi connectivity index (χ3n) is 8.37. The number of ether oxygens (including phenoxy) is 1. The highest BCUT2D eigenvalue weighted by atomic mass is 35.5. The molecule has 0 amide bonds. The molecule has 2 N–H and O–H groups in total. The molecule has 0 aliphatic heterocycles. The second kappa shape index (κ2) is 11.0. The molecule has 7 nitrogen and oxygen atoms in total. The Labute approximate surface area is 228 Å². The number of hydrogen-bond acceptors (Lipinski definition) is 5. The number of pyridine rings is 1. The van der Waals surface area contributed by atoms with Gasteiger partial charge in [0.05, 0.1) is 24.5 Å². The highest BCUT2D eigenvalue weighted by Gasteiger charge is 2.46. The molecule has 2 atom stereocenters. The number of hydrogen-bond donors (Lipinski definition) is 2. The van der Waals surface area contributed by atoms with Crippen LogP contribution in [-0.4, -0.2) is 47.0 Å². The first kappa shape index (κ1) is 28.0. The summed E-state index contributed by atoms with van der Waals surface area (Å²) in [6, 6.07) is 4.89. The number of methoxy groups -OCH3 is 1. The lowest BCUT2D eigenvalue weighted by Crippen LogP contribution is -2.51. The summed E-state index contributed by atoms with van der Waals surface area (Å²) in [4.78, 5) is 5.23. The molecule has 0 aromatic carbocycles. The van der Waals surface area contributed by atoms with Crippen molar-refractivity contribution in [2.75, 3.05) is 24.4 Å². The minimum absolute atomic E-state index is 0.0806. The molecule has 204 valence electrons. The molecule has 3 aromatic rings. The van der Waals surface area contributed by atoms with Gasteiger partial charge in [-0.15, -0.1) is 0 Å². The van der Waals surface area contributed by atoms with E-state index in [1.807, 2.05) is 10.9 Å². The van der Waals surface area contributed by atoms with Gasteiger partial charge in [0.2, 0.25) is 0 Å². The summed E-state index contributed by atoms with van der Waals surface area (Å²) in [7, 11) is -0.296. The van der Waals surface area contributed by atoms with E-state index in [1.165, 1.54) is 18.2 Å². The van der Waals surface area contributed by atoms with E-state index < -0.39 is 8.24 Å². The summed E-state index contributed by atoms with van der Waals surface area (Å²) < 4.78 is 9.72. The number of aromatic nitrogens is 4. The van der Waals surface area contributed by atoms with E-state index >= 15 is 0 Å². The predicted molar refractivity (Wildman–Crippen MR) is 159 cm³/mol. The molecule has 0 bridgehead atoms. The van der Waals surface area contributed by atoms with Gasteiger partial charge in [-0.3, -0.25) is 4.68 Å². The lowest BCUT2D eigenvalue weighted by atomic mass is 10.2. The van der Waals surface area contributed by atoms with Gasteiger partial charge in [0.25, 0.3) is 0 Å². The zero-order chi connectivity index (χ0) is 27.1. The Hall–Kier alpha value is -2.03. The molecule has 1 aliphatic carbocycles. The van der Waals surface area contributed by atoms with Crippen molar-refractivity contribution in [3.05, 3.63) is 29.7 Å². The molecule has 9 heteroatoms. The first-order valence-corrected chi connectivity index (χ1v) is 16.4. The van der Waals surface area contributed by atoms with E-state index in [9.17, 15) is 0 Å². The molecule has 3 aromatic heterocycles. The molecule has 1 fully saturated rings. The van der Waals surface area contributed by atoms with Crippen LogP contribution in [0.15, 0.2) is 24.5 Å². The van der Waals surface area contributed by atoms with Gasteiger partial charge in [-0.1, -0.05) is 53.1 Å². The minimum Gasteiger partial charge on any atom is -0.382 e. The summed E-state index contributed by atoms with van der Waals surface area (Å²) in [5.41, 5.74) is 4.63. The van der Waals surface area contributed by atoms with Crippen LogP contribution in [0.4, 0.5) is 17.2 Å². The Morgan fingerprint density at radius 2 is 1.70 bits per heavy atom. The smallest absolute Gasteiger partial charge is 0.174 e. The van der Waals surface area contributed by atoms with Crippen molar-refractivity contribution in [2.45, 2.75) is 96.9 Å². The van der Waals surface area contributed by atoms with Crippen LogP contribution in [0.5, 0.6) is 0 Å². The van der Waals surface area contributed by atoms with Crippen LogP contribution in [0.2, 0.25) is 21.8 Å². The normalized spacial score (nSPS) is 16.2. The number of halogens is 1. The molecule has 1 aliphatic rings. The van der Waals surface area contributed by atoms with Gasteiger partial charge in [0, 0.05) is 30.3 Å². The van der Waals surface area contributed by atoms with Crippen LogP contribution >= 0.6 is 11.6 Å². The van der Waals surface area contributed by atoms with Gasteiger partial charge in [0.15, 0.2) is 13.4 Å². The maximum Gasteiger partial charge on any atom is 0.174 e. The van der Waals surface area contributed by atoms with Gasteiger partial charge in [-0.25, -0.2) is 4.98 Å². The van der Waals surface area contributed by atoms with Gasteiger partial charge in [-0.2, -0.15) is 5.10 Å². The van der Waals surface area contributed by atoms with Gasteiger partial charge in [0.1, 0.15) is 11.5 Å². The van der Waals surface area contributed by atoms with Crippen molar-refractivity contribution in [3.8, 4) is 0 Å². The van der Waals surface area contributed by atoms with Crippen LogP contribution in [-0.2, 0) is 4.74 Å². The maximum absolute atomic E-state index is 6.56. The Morgan fingerprint density at radius 1 is 1.05 bits per heavy atom. The van der Waals surface area contributed by atoms with Gasteiger partial charge < -0.3 is 19.6 Å². The summed E-state index contributed by atoms with van der Waals surface area (Å²) in [5, 5.41) is 13.4. The fourth-order valence-corrected chi connectivity index (χ4v) is 13.3. The molecular weight excluding hydrogens is 500 g/mol. The van der Waals surface area contributed by atoms with E-state index in [0.717, 1.165) is 28.8 Å². The molecule has 37 heavy (non-hydrogen) atoms. The molecule has 4 rings (SSSR count). The Bertz CT molecular complexity index is 1190. The van der Waals surface area contributed by atoms with Crippen LogP contribution in [0, 0.1) is 5.92 Å². The van der Waals surface area contributed by atoms with Crippen molar-refractivity contribution in [3.63, 3.8) is 0 Å². The van der Waals surface area contributed by atoms with E-state index in [1.54, 1.807) is 7.11 Å². The Morgan fingerprint density at radius 3 is 2.27 bits per heavy atom. The zero-order valence-corrected chi connectivity index (χ0v) is 25.7. The van der Waals surface area contributed by atoms with Crippen LogP contribution in [0.25, 0.3) is 11.0 Å². The fraction of sp³-hybridized carbons (Fsp3) is 0.643. The molecule has 3 heterocycles. The van der Waals surface area contributed by atoms with Crippen LogP contribution in [0.1, 0.15) is 74.3 Å². The molecule has 0 unspecified atom stereocenters. The van der Waals surface area contributed by atoms with Crippen molar-refractivity contribution in [2.24, 2.45) is 5.92 Å². The van der Waals surface area contributed by atoms with E-state index in [2.05, 4.69) is 93.7 Å². The molecule has 1 saturated carbocycles. The first-order valence-electron chi connectivity index (χ1n) is 13.8. The summed E-state index contributed by atoms with van der Waals surface area (Å²) in [5.74, 6) is 1.52. The average molecular weight is 545 g/mol. The monoisotopic (exact) mass is 544 g/mol. The third kappa shape index (κ3) is 5.29. The number of nitrogens with zero attached hydrogens (tertiary/aromatic N) is 4. The number of fused-ring (bicyclic) bond motifs is 1. The number of rotatable bonds is 12. The number of anilines is 3. The largest absolute Gasteiger partial charge is 0.382 e. The molecular formula is C28H45ClN6OSi. The fourth-order valence-electron chi connectivity index (χ4n) is 6.53. The quantitative estimate of drug-likeness (QED) is 0.225. The lowest BCUT2D eigenvalue weighted by Gasteiger charge is -2.44. The highest BCUT2D eigenvalue weighted by molar-refractivity contribution is 6.82. The van der Waals surface area contributed by atoms with E-state index in [4.69, 9.17) is 21.3 Å². The van der Waals surface area contributed by atoms with Crippen LogP contribution < -0.4 is 10.6 Å². The topological polar surface area (TPSA) is 68.9 Å². The van der Waals surface area contributed by atoms with Crippen LogP contribution in [0.3, 0.4) is 0 Å². The zero-order valence-electron chi connectivity index (χ0n) is 24.0. The van der Waals surface area contributed by atoms with Crippen molar-refractivity contribution < 1.29 is 4.74 Å². The Kier molecular flexibility index (Phi) is 8.31. The summed E-state index contributed by atoms with van der Waals surface area (Å²) in [6.07, 6.45) is 6.84. The maximum atomic E-state index is 6.56. The van der Waals surface area contributed by atoms with Crippen molar-refractivity contribution in [1.82, 2.24) is 19.0 Å². The van der Waals surface area contributed by atoms with Crippen molar-refractivity contribution >= 4 is 48.1 Å². The summed E-state index contributed by atoms with van der Waals surface area (Å²) >= 11 is 6.56. The van der Waals surface area contributed by atoms with Gasteiger partial charge in [-0.05, 0) is 61.5 Å². The van der Waals surface area contributed by atoms with Crippen molar-refractivity contribution in [1.29, 1.82) is 0 Å². The highest BCUT2D eigenvalue weighted by Crippen LogP contribution is 2.45. The lowest BCUT2D eigenvalue weighted by molar-refractivity contribution is 0.157. The van der Waals surface area contributed by atoms with E-state index in [0.29, 0.717) is 34.4 Å². The Balaban J connectivity index is 1.83. The second-order valence-corrected chi connectivity index (χ2v) is 17.9. The minimum atomic E-state index is -1.99. The number of nitrogens with one attached hydrogen (secondary N) is 2. The standard InChI is InChI=1S/C28H45ClN6OSi/c1-17(2)37(18(3)4,19(5)6)35-13-12-23-24(30-21(8)22-10-11-22)14-26(32-28(23)35)31-25-15-34(33-27(25)29)20(7)16-36-9/h12-15,17-22H,10-11,16H2,1-9H3,(H2,30,31,32)/t20-,21-/m0/s1. The molecule has 0 spiro atoms. The second-order valence-electron chi connectivity index (χ2n) is 11.8. The summed E-state index contributed by atoms with van der Waals surface area (Å²) in [6.45, 7) is 19.3. The SMILES string of the molecule is COC[C@H](C)n1cc(Nc2cc(N[C@@H](C)C3CC3)c3ccn([Si](C(C)C)(C(C)C)C(C)C)c3n2)c(Cl)n1. The van der Waals surface area contributed by atoms with E-state index in [-0.39, 0.29) is 6.04 Å². The average Bonchev–Trinajstić information content (AvgIpc) is 3.49. The first-order chi connectivity index (χ1) is 17.5. The molecule has 0 saturated heterocycles. The predicted octanol–water partition coefficient (Wildman–Crippen LogP) is 8.07.